The molecule has 0 N–H and O–H groups in total. The number of rotatable bonds is 2. The van der Waals surface area contributed by atoms with Crippen molar-refractivity contribution in [3.05, 3.63) is 17.0 Å². The topological polar surface area (TPSA) is 84.8 Å². The van der Waals surface area contributed by atoms with Crippen LogP contribution in [-0.4, -0.2) is 56.9 Å². The summed E-state index contributed by atoms with van der Waals surface area (Å²) in [5.41, 5.74) is -0.358. The Morgan fingerprint density at radius 2 is 2.12 bits per heavy atom. The number of anilines is 1. The summed E-state index contributed by atoms with van der Waals surface area (Å²) in [4.78, 5) is 22.5. The van der Waals surface area contributed by atoms with Crippen LogP contribution in [0.1, 0.15) is 44.3 Å². The number of halogens is 1. The van der Waals surface area contributed by atoms with Gasteiger partial charge in [-0.2, -0.15) is 4.36 Å². The number of hydrogen-bond acceptors (Lipinski definition) is 6. The molecule has 0 bridgehead atoms. The molecular weight excluding hydrogens is 376 g/mol. The molecule has 3 heterocycles. The van der Waals surface area contributed by atoms with Crippen molar-refractivity contribution in [2.75, 3.05) is 36.1 Å². The summed E-state index contributed by atoms with van der Waals surface area (Å²) in [5, 5.41) is 0.476. The van der Waals surface area contributed by atoms with Crippen LogP contribution in [-0.2, 0) is 19.3 Å². The van der Waals surface area contributed by atoms with Crippen molar-refractivity contribution < 1.29 is 13.7 Å². The molecule has 3 fully saturated rings. The lowest BCUT2D eigenvalue weighted by atomic mass is 9.94. The van der Waals surface area contributed by atoms with Crippen LogP contribution >= 0.6 is 11.6 Å². The maximum atomic E-state index is 12.7. The van der Waals surface area contributed by atoms with Crippen LogP contribution in [0.25, 0.3) is 0 Å². The van der Waals surface area contributed by atoms with Gasteiger partial charge in [-0.05, 0) is 25.7 Å². The molecule has 9 heteroatoms. The summed E-state index contributed by atoms with van der Waals surface area (Å²) < 4.78 is 22.6. The fourth-order valence-corrected chi connectivity index (χ4v) is 6.12. The van der Waals surface area contributed by atoms with Gasteiger partial charge in [-0.25, -0.2) is 14.2 Å². The number of nitrogens with zero attached hydrogens (tertiary/aromatic N) is 4. The summed E-state index contributed by atoms with van der Waals surface area (Å²) in [6, 6.07) is 1.81. The minimum Gasteiger partial charge on any atom is -0.371 e. The first kappa shape index (κ1) is 18.1. The summed E-state index contributed by atoms with van der Waals surface area (Å²) in [6.45, 7) is 3.37. The van der Waals surface area contributed by atoms with E-state index in [4.69, 9.17) is 21.3 Å². The van der Waals surface area contributed by atoms with E-state index in [1.807, 2.05) is 6.07 Å². The second kappa shape index (κ2) is 6.73. The molecule has 4 rings (SSSR count). The quantitative estimate of drug-likeness (QED) is 0.711. The first-order valence-electron chi connectivity index (χ1n) is 9.03. The van der Waals surface area contributed by atoms with Gasteiger partial charge in [0.15, 0.2) is 0 Å². The maximum absolute atomic E-state index is 12.7. The van der Waals surface area contributed by atoms with Crippen molar-refractivity contribution in [1.29, 1.82) is 0 Å². The van der Waals surface area contributed by atoms with Gasteiger partial charge in [-0.15, -0.1) is 0 Å². The van der Waals surface area contributed by atoms with Crippen LogP contribution in [0.2, 0.25) is 5.15 Å². The van der Waals surface area contributed by atoms with Crippen molar-refractivity contribution in [2.24, 2.45) is 4.36 Å². The van der Waals surface area contributed by atoms with Gasteiger partial charge in [0.25, 0.3) is 5.91 Å². The molecule has 0 aromatic carbocycles. The number of amides is 1. The molecule has 0 unspecified atom stereocenters. The Balaban J connectivity index is 1.52. The van der Waals surface area contributed by atoms with Crippen molar-refractivity contribution in [3.63, 3.8) is 0 Å². The highest BCUT2D eigenvalue weighted by atomic mass is 35.5. The molecule has 2 saturated heterocycles. The van der Waals surface area contributed by atoms with Crippen molar-refractivity contribution in [2.45, 2.75) is 44.1 Å². The number of carbonyl (C=O) groups excluding carboxylic acids is 1. The van der Waals surface area contributed by atoms with E-state index < -0.39 is 9.73 Å². The predicted octanol–water partition coefficient (Wildman–Crippen LogP) is 2.39. The zero-order valence-electron chi connectivity index (χ0n) is 14.8. The molecule has 1 saturated carbocycles. The molecule has 1 aromatic rings. The number of carbonyl (C=O) groups is 1. The molecule has 1 amide bonds. The summed E-state index contributed by atoms with van der Waals surface area (Å²) in [6.07, 6.45) is 3.52. The third-order valence-corrected chi connectivity index (χ3v) is 7.73. The van der Waals surface area contributed by atoms with Crippen LogP contribution in [0.4, 0.5) is 5.82 Å². The standard InChI is InChI=1S/C17H23ClN4O3S/c1-12(23)21-26(24)8-4-17(5-9-26)11-22(6-7-25-17)15-10-14(18)19-16(20-15)13-2-3-13/h10,13H,2-9,11H2,1H3. The number of morpholine rings is 1. The lowest BCUT2D eigenvalue weighted by molar-refractivity contribution is -0.115. The van der Waals surface area contributed by atoms with Gasteiger partial charge < -0.3 is 9.64 Å². The number of ether oxygens (including phenoxy) is 1. The third kappa shape index (κ3) is 3.87. The maximum Gasteiger partial charge on any atom is 0.250 e. The van der Waals surface area contributed by atoms with Crippen LogP contribution in [0.15, 0.2) is 10.4 Å². The van der Waals surface area contributed by atoms with Gasteiger partial charge in [-0.1, -0.05) is 11.6 Å². The Labute approximate surface area is 158 Å². The third-order valence-electron chi connectivity index (χ3n) is 5.26. The zero-order chi connectivity index (χ0) is 18.4. The second-order valence-electron chi connectivity index (χ2n) is 7.43. The van der Waals surface area contributed by atoms with E-state index in [2.05, 4.69) is 14.2 Å². The molecule has 142 valence electrons. The first-order valence-corrected chi connectivity index (χ1v) is 11.3. The molecule has 3 aliphatic rings. The van der Waals surface area contributed by atoms with Gasteiger partial charge in [0, 0.05) is 43.5 Å². The lowest BCUT2D eigenvalue weighted by Gasteiger charge is -2.45. The van der Waals surface area contributed by atoms with Crippen LogP contribution in [0, 0.1) is 0 Å². The normalized spacial score (nSPS) is 31.8. The molecule has 1 spiro atoms. The van der Waals surface area contributed by atoms with Gasteiger partial charge in [0.1, 0.15) is 16.8 Å². The molecular formula is C17H23ClN4O3S. The van der Waals surface area contributed by atoms with E-state index in [0.717, 1.165) is 31.0 Å². The van der Waals surface area contributed by atoms with E-state index in [9.17, 15) is 9.00 Å². The minimum absolute atomic E-state index is 0.358. The Morgan fingerprint density at radius 1 is 1.38 bits per heavy atom. The highest BCUT2D eigenvalue weighted by molar-refractivity contribution is 7.93. The summed E-state index contributed by atoms with van der Waals surface area (Å²) in [5.74, 6) is 2.56. The predicted molar refractivity (Wildman–Crippen MR) is 100 cm³/mol. The molecule has 26 heavy (non-hydrogen) atoms. The highest BCUT2D eigenvalue weighted by Crippen LogP contribution is 2.40. The molecule has 0 atom stereocenters. The van der Waals surface area contributed by atoms with E-state index >= 15 is 0 Å². The Kier molecular flexibility index (Phi) is 4.69. The van der Waals surface area contributed by atoms with Crippen LogP contribution in [0.3, 0.4) is 0 Å². The van der Waals surface area contributed by atoms with Gasteiger partial charge in [0.2, 0.25) is 0 Å². The van der Waals surface area contributed by atoms with Gasteiger partial charge >= 0.3 is 0 Å². The van der Waals surface area contributed by atoms with Crippen molar-refractivity contribution >= 4 is 33.1 Å². The Morgan fingerprint density at radius 3 is 2.77 bits per heavy atom. The molecule has 1 aromatic heterocycles. The fraction of sp³-hybridized carbons (Fsp3) is 0.706. The monoisotopic (exact) mass is 398 g/mol. The summed E-state index contributed by atoms with van der Waals surface area (Å²) in [7, 11) is -2.43. The molecule has 1 aliphatic carbocycles. The SMILES string of the molecule is CC(=O)N=S1(=O)CCC2(CC1)CN(c1cc(Cl)nc(C3CC3)n1)CCO2. The van der Waals surface area contributed by atoms with E-state index in [1.165, 1.54) is 6.92 Å². The largest absolute Gasteiger partial charge is 0.371 e. The first-order chi connectivity index (χ1) is 12.4. The lowest BCUT2D eigenvalue weighted by Crippen LogP contribution is -2.55. The Hall–Kier alpha value is -1.25. The van der Waals surface area contributed by atoms with E-state index in [-0.39, 0.29) is 11.5 Å². The van der Waals surface area contributed by atoms with Crippen molar-refractivity contribution in [3.8, 4) is 0 Å². The van der Waals surface area contributed by atoms with Gasteiger partial charge in [-0.3, -0.25) is 4.79 Å². The van der Waals surface area contributed by atoms with Crippen molar-refractivity contribution in [1.82, 2.24) is 9.97 Å². The molecule has 0 radical (unpaired) electrons. The smallest absolute Gasteiger partial charge is 0.250 e. The highest BCUT2D eigenvalue weighted by Gasteiger charge is 2.42. The number of aromatic nitrogens is 2. The average Bonchev–Trinajstić information content (AvgIpc) is 3.42. The molecule has 2 aliphatic heterocycles. The molecule has 7 nitrogen and oxygen atoms in total. The van der Waals surface area contributed by atoms with Gasteiger partial charge in [0.05, 0.1) is 21.9 Å². The Bertz CT molecular complexity index is 834. The van der Waals surface area contributed by atoms with E-state index in [1.54, 1.807) is 0 Å². The minimum atomic E-state index is -2.43. The number of hydrogen-bond donors (Lipinski definition) is 0. The summed E-state index contributed by atoms with van der Waals surface area (Å²) >= 11 is 6.21. The average molecular weight is 399 g/mol. The second-order valence-corrected chi connectivity index (χ2v) is 10.4. The zero-order valence-corrected chi connectivity index (χ0v) is 16.4. The van der Waals surface area contributed by atoms with Crippen LogP contribution in [0.5, 0.6) is 0 Å². The van der Waals surface area contributed by atoms with E-state index in [0.29, 0.717) is 48.6 Å². The van der Waals surface area contributed by atoms with Crippen LogP contribution < -0.4 is 4.90 Å². The fourth-order valence-electron chi connectivity index (χ4n) is 3.70.